The summed E-state index contributed by atoms with van der Waals surface area (Å²) in [4.78, 5) is 0. The summed E-state index contributed by atoms with van der Waals surface area (Å²) in [7, 11) is 0. The lowest BCUT2D eigenvalue weighted by molar-refractivity contribution is 0.895. The summed E-state index contributed by atoms with van der Waals surface area (Å²) < 4.78 is 0. The van der Waals surface area contributed by atoms with Crippen molar-refractivity contribution < 1.29 is 0 Å². The lowest BCUT2D eigenvalue weighted by atomic mass is 9.95. The Labute approximate surface area is 102 Å². The Bertz CT molecular complexity index is 530. The van der Waals surface area contributed by atoms with Crippen LogP contribution in [-0.2, 0) is 0 Å². The van der Waals surface area contributed by atoms with Crippen LogP contribution in [0.1, 0.15) is 5.56 Å². The molecule has 1 aromatic carbocycles. The molecule has 0 unspecified atom stereocenters. The molecule has 1 aliphatic carbocycles. The summed E-state index contributed by atoms with van der Waals surface area (Å²) in [5.41, 5.74) is 5.47. The van der Waals surface area contributed by atoms with Crippen LogP contribution in [0.2, 0.25) is 0 Å². The van der Waals surface area contributed by atoms with Gasteiger partial charge in [-0.1, -0.05) is 60.7 Å². The van der Waals surface area contributed by atoms with Crippen LogP contribution in [0.3, 0.4) is 0 Å². The van der Waals surface area contributed by atoms with Crippen molar-refractivity contribution >= 4 is 5.57 Å². The Morgan fingerprint density at radius 3 is 2.65 bits per heavy atom. The van der Waals surface area contributed by atoms with E-state index in [1.165, 1.54) is 22.3 Å². The van der Waals surface area contributed by atoms with E-state index in [1.54, 1.807) is 0 Å². The van der Waals surface area contributed by atoms with Gasteiger partial charge < -0.3 is 5.32 Å². The van der Waals surface area contributed by atoms with Gasteiger partial charge in [0.1, 0.15) is 0 Å². The van der Waals surface area contributed by atoms with Crippen LogP contribution >= 0.6 is 0 Å². The van der Waals surface area contributed by atoms with Crippen molar-refractivity contribution in [3.05, 3.63) is 77.4 Å². The maximum absolute atomic E-state index is 3.43. The van der Waals surface area contributed by atoms with Crippen molar-refractivity contribution in [1.29, 1.82) is 0 Å². The number of rotatable bonds is 1. The fraction of sp³-hybridized carbons (Fsp3) is 0.125. The minimum absolute atomic E-state index is 0.967. The maximum atomic E-state index is 3.43. The number of nitrogens with one attached hydrogen (secondary N) is 1. The second-order valence-electron chi connectivity index (χ2n) is 4.30. The zero-order valence-corrected chi connectivity index (χ0v) is 9.69. The second-order valence-corrected chi connectivity index (χ2v) is 4.30. The lowest BCUT2D eigenvalue weighted by Gasteiger charge is -2.09. The molecule has 1 aliphatic heterocycles. The monoisotopic (exact) mass is 221 g/mol. The molecule has 1 heterocycles. The predicted octanol–water partition coefficient (Wildman–Crippen LogP) is 3.10. The molecule has 1 heteroatoms. The van der Waals surface area contributed by atoms with Crippen molar-refractivity contribution in [2.24, 2.45) is 0 Å². The second kappa shape index (κ2) is 4.56. The standard InChI is InChI=1S/C16H15N/c1-3-7-13(8-4-1)15-10-6-2-5-9-14-11-17-12-16(14)15/h1-10,17H,11-12H2/b5-2-,6-2?,9-5?,10-6-,14-9-,15-10?,16-15+. The van der Waals surface area contributed by atoms with Crippen LogP contribution in [0.25, 0.3) is 5.57 Å². The third-order valence-electron chi connectivity index (χ3n) is 3.20. The first-order valence-electron chi connectivity index (χ1n) is 5.99. The van der Waals surface area contributed by atoms with Gasteiger partial charge in [0, 0.05) is 13.1 Å². The largest absolute Gasteiger partial charge is 0.309 e. The van der Waals surface area contributed by atoms with Crippen molar-refractivity contribution in [1.82, 2.24) is 5.32 Å². The van der Waals surface area contributed by atoms with E-state index in [2.05, 4.69) is 66.0 Å². The Hall–Kier alpha value is -1.86. The van der Waals surface area contributed by atoms with Gasteiger partial charge in [-0.05, 0) is 22.3 Å². The third-order valence-corrected chi connectivity index (χ3v) is 3.20. The Morgan fingerprint density at radius 1 is 0.882 bits per heavy atom. The van der Waals surface area contributed by atoms with E-state index < -0.39 is 0 Å². The van der Waals surface area contributed by atoms with E-state index in [0.717, 1.165) is 13.1 Å². The molecule has 1 nitrogen and oxygen atoms in total. The van der Waals surface area contributed by atoms with Crippen LogP contribution in [0.15, 0.2) is 71.9 Å². The summed E-state index contributed by atoms with van der Waals surface area (Å²) in [5, 5.41) is 3.43. The number of benzene rings is 1. The molecule has 17 heavy (non-hydrogen) atoms. The molecule has 1 N–H and O–H groups in total. The summed E-state index contributed by atoms with van der Waals surface area (Å²) in [5.74, 6) is 0. The fourth-order valence-electron chi connectivity index (χ4n) is 2.35. The molecule has 1 fully saturated rings. The van der Waals surface area contributed by atoms with Gasteiger partial charge in [-0.3, -0.25) is 0 Å². The number of hydrogen-bond donors (Lipinski definition) is 1. The summed E-state index contributed by atoms with van der Waals surface area (Å²) >= 11 is 0. The first-order valence-corrected chi connectivity index (χ1v) is 5.99. The van der Waals surface area contributed by atoms with Crippen LogP contribution in [0.4, 0.5) is 0 Å². The normalized spacial score (nSPS) is 29.8. The average Bonchev–Trinajstić information content (AvgIpc) is 2.78. The van der Waals surface area contributed by atoms with Gasteiger partial charge in [-0.2, -0.15) is 0 Å². The van der Waals surface area contributed by atoms with Crippen LogP contribution in [0, 0.1) is 0 Å². The Balaban J connectivity index is 2.15. The Kier molecular flexibility index (Phi) is 2.76. The van der Waals surface area contributed by atoms with Gasteiger partial charge in [0.05, 0.1) is 0 Å². The highest BCUT2D eigenvalue weighted by atomic mass is 14.9. The van der Waals surface area contributed by atoms with Gasteiger partial charge >= 0.3 is 0 Å². The highest BCUT2D eigenvalue weighted by Gasteiger charge is 2.17. The van der Waals surface area contributed by atoms with E-state index in [4.69, 9.17) is 0 Å². The molecule has 3 rings (SSSR count). The number of allylic oxidation sites excluding steroid dienone is 6. The van der Waals surface area contributed by atoms with Crippen molar-refractivity contribution in [2.75, 3.05) is 13.1 Å². The summed E-state index contributed by atoms with van der Waals surface area (Å²) in [6, 6.07) is 10.6. The molecule has 0 amide bonds. The van der Waals surface area contributed by atoms with Crippen molar-refractivity contribution in [2.45, 2.75) is 0 Å². The highest BCUT2D eigenvalue weighted by Crippen LogP contribution is 2.28. The summed E-state index contributed by atoms with van der Waals surface area (Å²) in [6.07, 6.45) is 10.7. The SMILES string of the molecule is C1=C\C=C2\CNC\C2=C(c2ccccc2)\C=C/1. The topological polar surface area (TPSA) is 12.0 Å². The minimum Gasteiger partial charge on any atom is -0.309 e. The molecular formula is C16H15N. The predicted molar refractivity (Wildman–Crippen MR) is 72.6 cm³/mol. The molecule has 2 aliphatic rings. The highest BCUT2D eigenvalue weighted by molar-refractivity contribution is 5.81. The lowest BCUT2D eigenvalue weighted by Crippen LogP contribution is -2.05. The van der Waals surface area contributed by atoms with E-state index >= 15 is 0 Å². The molecule has 1 saturated heterocycles. The van der Waals surface area contributed by atoms with Gasteiger partial charge in [0.25, 0.3) is 0 Å². The zero-order valence-electron chi connectivity index (χ0n) is 9.69. The number of hydrogen-bond acceptors (Lipinski definition) is 1. The van der Waals surface area contributed by atoms with Gasteiger partial charge in [0.15, 0.2) is 0 Å². The fourth-order valence-corrected chi connectivity index (χ4v) is 2.35. The molecule has 0 atom stereocenters. The van der Waals surface area contributed by atoms with Crippen molar-refractivity contribution in [3.8, 4) is 0 Å². The van der Waals surface area contributed by atoms with Gasteiger partial charge in [-0.15, -0.1) is 0 Å². The first-order chi connectivity index (χ1) is 8.45. The smallest absolute Gasteiger partial charge is 0.0218 e. The van der Waals surface area contributed by atoms with E-state index in [-0.39, 0.29) is 0 Å². The molecular weight excluding hydrogens is 206 g/mol. The van der Waals surface area contributed by atoms with Crippen molar-refractivity contribution in [3.63, 3.8) is 0 Å². The Morgan fingerprint density at radius 2 is 1.76 bits per heavy atom. The zero-order chi connectivity index (χ0) is 11.5. The minimum atomic E-state index is 0.967. The third kappa shape index (κ3) is 2.02. The molecule has 0 aromatic heterocycles. The van der Waals surface area contributed by atoms with Gasteiger partial charge in [0.2, 0.25) is 0 Å². The van der Waals surface area contributed by atoms with E-state index in [0.29, 0.717) is 0 Å². The molecule has 0 bridgehead atoms. The molecule has 0 radical (unpaired) electrons. The molecule has 84 valence electrons. The summed E-state index contributed by atoms with van der Waals surface area (Å²) in [6.45, 7) is 1.94. The van der Waals surface area contributed by atoms with Crippen LogP contribution in [0.5, 0.6) is 0 Å². The van der Waals surface area contributed by atoms with Crippen LogP contribution in [-0.4, -0.2) is 13.1 Å². The van der Waals surface area contributed by atoms with Gasteiger partial charge in [-0.25, -0.2) is 0 Å². The first kappa shape index (κ1) is 10.3. The quantitative estimate of drug-likeness (QED) is 0.768. The number of fused-ring (bicyclic) bond motifs is 1. The molecule has 1 aromatic rings. The van der Waals surface area contributed by atoms with E-state index in [1.807, 2.05) is 0 Å². The molecule has 0 spiro atoms. The molecule has 0 saturated carbocycles. The average molecular weight is 221 g/mol. The van der Waals surface area contributed by atoms with Crippen LogP contribution < -0.4 is 5.32 Å². The maximum Gasteiger partial charge on any atom is 0.0218 e. The van der Waals surface area contributed by atoms with E-state index in [9.17, 15) is 0 Å².